The Bertz CT molecular complexity index is 326. The number of aromatic hydroxyl groups is 1. The van der Waals surface area contributed by atoms with Crippen molar-refractivity contribution in [3.63, 3.8) is 0 Å². The van der Waals surface area contributed by atoms with Gasteiger partial charge in [-0.3, -0.25) is 0 Å². The SMILES string of the molecule is Cc1c(F)cc(Cl)c(O)c1C(C)CO. The zero-order valence-corrected chi connectivity index (χ0v) is 8.77. The monoisotopic (exact) mass is 218 g/mol. The molecule has 1 aromatic rings. The highest BCUT2D eigenvalue weighted by Gasteiger charge is 2.18. The van der Waals surface area contributed by atoms with Gasteiger partial charge in [0.05, 0.1) is 5.02 Å². The molecule has 2 nitrogen and oxygen atoms in total. The Morgan fingerprint density at radius 2 is 2.14 bits per heavy atom. The number of hydrogen-bond donors (Lipinski definition) is 2. The van der Waals surface area contributed by atoms with E-state index in [1.165, 1.54) is 0 Å². The molecular formula is C10H12ClFO2. The molecule has 0 aliphatic rings. The quantitative estimate of drug-likeness (QED) is 0.801. The second kappa shape index (κ2) is 4.15. The topological polar surface area (TPSA) is 40.5 Å². The molecule has 0 aliphatic carbocycles. The lowest BCUT2D eigenvalue weighted by Crippen LogP contribution is -2.04. The lowest BCUT2D eigenvalue weighted by molar-refractivity contribution is 0.269. The highest BCUT2D eigenvalue weighted by Crippen LogP contribution is 2.36. The van der Waals surface area contributed by atoms with Crippen LogP contribution in [0.5, 0.6) is 5.75 Å². The molecule has 0 heterocycles. The fourth-order valence-corrected chi connectivity index (χ4v) is 1.61. The standard InChI is InChI=1S/C10H12ClFO2/c1-5(4-13)9-6(2)8(12)3-7(11)10(9)14/h3,5,13-14H,4H2,1-2H3. The van der Waals surface area contributed by atoms with Crippen molar-refractivity contribution >= 4 is 11.6 Å². The molecule has 0 aliphatic heterocycles. The minimum Gasteiger partial charge on any atom is -0.506 e. The number of rotatable bonds is 2. The highest BCUT2D eigenvalue weighted by atomic mass is 35.5. The highest BCUT2D eigenvalue weighted by molar-refractivity contribution is 6.32. The van der Waals surface area contributed by atoms with Gasteiger partial charge in [0.15, 0.2) is 0 Å². The van der Waals surface area contributed by atoms with Crippen molar-refractivity contribution in [3.8, 4) is 5.75 Å². The van der Waals surface area contributed by atoms with Crippen LogP contribution in [-0.2, 0) is 0 Å². The van der Waals surface area contributed by atoms with Crippen LogP contribution in [0.15, 0.2) is 6.07 Å². The lowest BCUT2D eigenvalue weighted by Gasteiger charge is -2.15. The van der Waals surface area contributed by atoms with Crippen molar-refractivity contribution in [2.75, 3.05) is 6.61 Å². The fraction of sp³-hybridized carbons (Fsp3) is 0.400. The normalized spacial score (nSPS) is 12.9. The van der Waals surface area contributed by atoms with E-state index in [-0.39, 0.29) is 23.3 Å². The van der Waals surface area contributed by atoms with E-state index in [0.717, 1.165) is 6.07 Å². The van der Waals surface area contributed by atoms with E-state index in [1.807, 2.05) is 0 Å². The van der Waals surface area contributed by atoms with Crippen molar-refractivity contribution in [1.82, 2.24) is 0 Å². The first-order valence-corrected chi connectivity index (χ1v) is 4.65. The summed E-state index contributed by atoms with van der Waals surface area (Å²) in [4.78, 5) is 0. The third-order valence-electron chi connectivity index (χ3n) is 2.26. The summed E-state index contributed by atoms with van der Waals surface area (Å²) < 4.78 is 13.2. The van der Waals surface area contributed by atoms with E-state index in [4.69, 9.17) is 16.7 Å². The minimum atomic E-state index is -0.469. The summed E-state index contributed by atoms with van der Waals surface area (Å²) in [5, 5.41) is 18.5. The molecule has 0 saturated heterocycles. The first-order valence-electron chi connectivity index (χ1n) is 4.27. The molecule has 1 unspecified atom stereocenters. The van der Waals surface area contributed by atoms with Crippen molar-refractivity contribution in [2.24, 2.45) is 0 Å². The third kappa shape index (κ3) is 1.83. The van der Waals surface area contributed by atoms with Crippen molar-refractivity contribution in [3.05, 3.63) is 28.0 Å². The Labute approximate surface area is 86.9 Å². The van der Waals surface area contributed by atoms with Crippen molar-refractivity contribution in [1.29, 1.82) is 0 Å². The maximum Gasteiger partial charge on any atom is 0.138 e. The van der Waals surface area contributed by atoms with Gasteiger partial charge >= 0.3 is 0 Å². The van der Waals surface area contributed by atoms with Crippen LogP contribution < -0.4 is 0 Å². The third-order valence-corrected chi connectivity index (χ3v) is 2.55. The van der Waals surface area contributed by atoms with E-state index in [1.54, 1.807) is 13.8 Å². The van der Waals surface area contributed by atoms with E-state index in [2.05, 4.69) is 0 Å². The maximum absolute atomic E-state index is 13.2. The van der Waals surface area contributed by atoms with E-state index < -0.39 is 5.82 Å². The van der Waals surface area contributed by atoms with E-state index in [0.29, 0.717) is 11.1 Å². The number of phenolic OH excluding ortho intramolecular Hbond substituents is 1. The molecule has 0 fully saturated rings. The molecule has 2 N–H and O–H groups in total. The van der Waals surface area contributed by atoms with Crippen molar-refractivity contribution < 1.29 is 14.6 Å². The summed E-state index contributed by atoms with van der Waals surface area (Å²) in [6.45, 7) is 3.08. The van der Waals surface area contributed by atoms with Crippen LogP contribution in [-0.4, -0.2) is 16.8 Å². The van der Waals surface area contributed by atoms with Crippen LogP contribution in [0.4, 0.5) is 4.39 Å². The summed E-state index contributed by atoms with van der Waals surface area (Å²) in [6.07, 6.45) is 0. The van der Waals surface area contributed by atoms with Crippen LogP contribution in [0.2, 0.25) is 5.02 Å². The van der Waals surface area contributed by atoms with Gasteiger partial charge in [-0.25, -0.2) is 4.39 Å². The first-order chi connectivity index (χ1) is 6.49. The molecule has 0 radical (unpaired) electrons. The second-order valence-corrected chi connectivity index (χ2v) is 3.72. The van der Waals surface area contributed by atoms with Gasteiger partial charge in [0.1, 0.15) is 11.6 Å². The Kier molecular flexibility index (Phi) is 3.34. The van der Waals surface area contributed by atoms with Gasteiger partial charge in [-0.1, -0.05) is 18.5 Å². The number of aliphatic hydroxyl groups excluding tert-OH is 1. The average Bonchev–Trinajstić information content (AvgIpc) is 2.15. The summed E-state index contributed by atoms with van der Waals surface area (Å²) in [7, 11) is 0. The first kappa shape index (κ1) is 11.3. The molecule has 0 amide bonds. The number of hydrogen-bond acceptors (Lipinski definition) is 2. The molecule has 78 valence electrons. The number of halogens is 2. The van der Waals surface area contributed by atoms with E-state index >= 15 is 0 Å². The van der Waals surface area contributed by atoms with Gasteiger partial charge in [0, 0.05) is 18.1 Å². The van der Waals surface area contributed by atoms with Crippen LogP contribution in [0.3, 0.4) is 0 Å². The molecule has 14 heavy (non-hydrogen) atoms. The molecule has 1 atom stereocenters. The van der Waals surface area contributed by atoms with Gasteiger partial charge in [-0.2, -0.15) is 0 Å². The van der Waals surface area contributed by atoms with E-state index in [9.17, 15) is 9.50 Å². The minimum absolute atomic E-state index is 0.0246. The zero-order valence-electron chi connectivity index (χ0n) is 8.01. The molecule has 1 aromatic carbocycles. The molecule has 0 bridgehead atoms. The van der Waals surface area contributed by atoms with Gasteiger partial charge in [0.25, 0.3) is 0 Å². The van der Waals surface area contributed by atoms with Crippen LogP contribution >= 0.6 is 11.6 Å². The van der Waals surface area contributed by atoms with Gasteiger partial charge in [0.2, 0.25) is 0 Å². The van der Waals surface area contributed by atoms with Crippen LogP contribution in [0.25, 0.3) is 0 Å². The Morgan fingerprint density at radius 3 is 2.64 bits per heavy atom. The number of benzene rings is 1. The Balaban J connectivity index is 3.39. The molecule has 4 heteroatoms. The van der Waals surface area contributed by atoms with Crippen molar-refractivity contribution in [2.45, 2.75) is 19.8 Å². The number of phenols is 1. The fourth-order valence-electron chi connectivity index (χ4n) is 1.42. The van der Waals surface area contributed by atoms with Crippen LogP contribution in [0, 0.1) is 12.7 Å². The summed E-state index contributed by atoms with van der Waals surface area (Å²) in [5.41, 5.74) is 0.700. The van der Waals surface area contributed by atoms with Gasteiger partial charge in [-0.15, -0.1) is 0 Å². The lowest BCUT2D eigenvalue weighted by atomic mass is 9.95. The predicted molar refractivity (Wildman–Crippen MR) is 53.3 cm³/mol. The molecule has 0 spiro atoms. The second-order valence-electron chi connectivity index (χ2n) is 3.31. The molecule has 0 aromatic heterocycles. The predicted octanol–water partition coefficient (Wildman–Crippen LogP) is 2.59. The largest absolute Gasteiger partial charge is 0.506 e. The Morgan fingerprint density at radius 1 is 1.57 bits per heavy atom. The smallest absolute Gasteiger partial charge is 0.138 e. The zero-order chi connectivity index (χ0) is 10.9. The molecule has 1 rings (SSSR count). The summed E-state index contributed by atoms with van der Waals surface area (Å²) in [5.74, 6) is -0.946. The van der Waals surface area contributed by atoms with Gasteiger partial charge in [-0.05, 0) is 18.6 Å². The molecule has 0 saturated carbocycles. The maximum atomic E-state index is 13.2. The summed E-state index contributed by atoms with van der Waals surface area (Å²) >= 11 is 5.62. The average molecular weight is 219 g/mol. The Hall–Kier alpha value is -0.800. The van der Waals surface area contributed by atoms with Gasteiger partial charge < -0.3 is 10.2 Å². The van der Waals surface area contributed by atoms with Crippen LogP contribution in [0.1, 0.15) is 24.0 Å². The number of aliphatic hydroxyl groups is 1. The summed E-state index contributed by atoms with van der Waals surface area (Å²) in [6, 6.07) is 1.07. The molecular weight excluding hydrogens is 207 g/mol.